The fourth-order valence-corrected chi connectivity index (χ4v) is 2.67. The van der Waals surface area contributed by atoms with E-state index in [1.54, 1.807) is 0 Å². The number of benzene rings is 1. The number of aromatic nitrogens is 2. The summed E-state index contributed by atoms with van der Waals surface area (Å²) in [4.78, 5) is 2.51. The molecule has 4 heteroatoms. The molecule has 2 heterocycles. The van der Waals surface area contributed by atoms with Crippen LogP contribution in [0.2, 0.25) is 0 Å². The van der Waals surface area contributed by atoms with Crippen molar-refractivity contribution in [2.45, 2.75) is 6.42 Å². The molecule has 0 amide bonds. The molecule has 1 fully saturated rings. The second-order valence-corrected chi connectivity index (χ2v) is 4.93. The lowest BCUT2D eigenvalue weighted by Gasteiger charge is -2.26. The molecule has 1 N–H and O–H groups in total. The number of nitrogens with one attached hydrogen (secondary N) is 1. The van der Waals surface area contributed by atoms with Gasteiger partial charge in [0.05, 0.1) is 11.2 Å². The first-order valence-corrected chi connectivity index (χ1v) is 6.68. The summed E-state index contributed by atoms with van der Waals surface area (Å²) in [6.07, 6.45) is 1.04. The van der Waals surface area contributed by atoms with E-state index in [0.29, 0.717) is 0 Å². The summed E-state index contributed by atoms with van der Waals surface area (Å²) in [5.41, 5.74) is 2.46. The molecule has 0 radical (unpaired) electrons. The number of fused-ring (bicyclic) bond motifs is 1. The third-order valence-corrected chi connectivity index (χ3v) is 3.71. The quantitative estimate of drug-likeness (QED) is 0.875. The highest BCUT2D eigenvalue weighted by atomic mass is 15.3. The fraction of sp³-hybridized carbons (Fsp3) is 0.500. The van der Waals surface area contributed by atoms with Gasteiger partial charge in [0.25, 0.3) is 0 Å². The highest BCUT2D eigenvalue weighted by Crippen LogP contribution is 2.17. The Hall–Kier alpha value is -1.39. The summed E-state index contributed by atoms with van der Waals surface area (Å²) in [6.45, 7) is 5.66. The maximum Gasteiger partial charge on any atom is 0.0716 e. The zero-order valence-corrected chi connectivity index (χ0v) is 10.9. The van der Waals surface area contributed by atoms with Crippen LogP contribution in [0.15, 0.2) is 24.3 Å². The fourth-order valence-electron chi connectivity index (χ4n) is 2.67. The van der Waals surface area contributed by atoms with Crippen molar-refractivity contribution in [3.05, 3.63) is 30.0 Å². The van der Waals surface area contributed by atoms with Gasteiger partial charge in [-0.3, -0.25) is 4.68 Å². The van der Waals surface area contributed by atoms with Crippen LogP contribution in [0.5, 0.6) is 0 Å². The molecule has 3 rings (SSSR count). The van der Waals surface area contributed by atoms with Crippen LogP contribution in [0.3, 0.4) is 0 Å². The largest absolute Gasteiger partial charge is 0.314 e. The van der Waals surface area contributed by atoms with E-state index in [0.717, 1.165) is 39.1 Å². The molecule has 0 atom stereocenters. The molecule has 96 valence electrons. The molecule has 18 heavy (non-hydrogen) atoms. The molecule has 1 aliphatic rings. The average Bonchev–Trinajstić information content (AvgIpc) is 2.75. The molecule has 2 aromatic rings. The summed E-state index contributed by atoms with van der Waals surface area (Å²) >= 11 is 0. The Morgan fingerprint density at radius 2 is 2.00 bits per heavy atom. The maximum absolute atomic E-state index is 4.65. The molecule has 0 spiro atoms. The molecule has 4 nitrogen and oxygen atoms in total. The Morgan fingerprint density at radius 3 is 2.83 bits per heavy atom. The van der Waals surface area contributed by atoms with Crippen molar-refractivity contribution in [1.29, 1.82) is 0 Å². The van der Waals surface area contributed by atoms with Crippen molar-refractivity contribution in [2.75, 3.05) is 32.7 Å². The molecule has 0 bridgehead atoms. The first-order chi connectivity index (χ1) is 8.84. The summed E-state index contributed by atoms with van der Waals surface area (Å²) in [7, 11) is 2.02. The van der Waals surface area contributed by atoms with Crippen molar-refractivity contribution < 1.29 is 0 Å². The van der Waals surface area contributed by atoms with Gasteiger partial charge in [-0.15, -0.1) is 0 Å². The van der Waals surface area contributed by atoms with Gasteiger partial charge in [0, 0.05) is 51.6 Å². The minimum Gasteiger partial charge on any atom is -0.314 e. The number of para-hydroxylation sites is 1. The SMILES string of the molecule is Cn1nc(CCN2CCNCC2)c2ccccc21. The summed E-state index contributed by atoms with van der Waals surface area (Å²) in [5, 5.41) is 9.33. The van der Waals surface area contributed by atoms with Crippen LogP contribution in [0.4, 0.5) is 0 Å². The third-order valence-electron chi connectivity index (χ3n) is 3.71. The van der Waals surface area contributed by atoms with Crippen molar-refractivity contribution in [3.63, 3.8) is 0 Å². The average molecular weight is 244 g/mol. The van der Waals surface area contributed by atoms with Crippen molar-refractivity contribution in [3.8, 4) is 0 Å². The van der Waals surface area contributed by atoms with E-state index >= 15 is 0 Å². The number of hydrogen-bond acceptors (Lipinski definition) is 3. The molecule has 0 saturated carbocycles. The molecule has 0 aliphatic carbocycles. The Labute approximate surface area is 108 Å². The molecule has 1 saturated heterocycles. The smallest absolute Gasteiger partial charge is 0.0716 e. The van der Waals surface area contributed by atoms with E-state index in [9.17, 15) is 0 Å². The van der Waals surface area contributed by atoms with Crippen LogP contribution in [-0.4, -0.2) is 47.4 Å². The van der Waals surface area contributed by atoms with Gasteiger partial charge in [-0.05, 0) is 6.07 Å². The lowest BCUT2D eigenvalue weighted by atomic mass is 10.1. The number of nitrogens with zero attached hydrogens (tertiary/aromatic N) is 3. The summed E-state index contributed by atoms with van der Waals surface area (Å²) < 4.78 is 1.99. The van der Waals surface area contributed by atoms with Crippen molar-refractivity contribution in [2.24, 2.45) is 7.05 Å². The highest BCUT2D eigenvalue weighted by molar-refractivity contribution is 5.81. The highest BCUT2D eigenvalue weighted by Gasteiger charge is 2.12. The molecule has 0 unspecified atom stereocenters. The van der Waals surface area contributed by atoms with Gasteiger partial charge in [-0.2, -0.15) is 5.10 Å². The van der Waals surface area contributed by atoms with E-state index in [4.69, 9.17) is 0 Å². The predicted octanol–water partition coefficient (Wildman–Crippen LogP) is 1.02. The Bertz CT molecular complexity index is 526. The first kappa shape index (κ1) is 11.7. The Morgan fingerprint density at radius 1 is 1.22 bits per heavy atom. The molecule has 1 aromatic heterocycles. The van der Waals surface area contributed by atoms with Crippen LogP contribution >= 0.6 is 0 Å². The topological polar surface area (TPSA) is 33.1 Å². The summed E-state index contributed by atoms with van der Waals surface area (Å²) in [6, 6.07) is 8.48. The van der Waals surface area contributed by atoms with Gasteiger partial charge in [0.15, 0.2) is 0 Å². The van der Waals surface area contributed by atoms with Gasteiger partial charge in [0.1, 0.15) is 0 Å². The van der Waals surface area contributed by atoms with Gasteiger partial charge in [0.2, 0.25) is 0 Å². The van der Waals surface area contributed by atoms with Crippen LogP contribution in [0.1, 0.15) is 5.69 Å². The number of piperazine rings is 1. The van der Waals surface area contributed by atoms with E-state index in [-0.39, 0.29) is 0 Å². The molecule has 1 aromatic carbocycles. The summed E-state index contributed by atoms with van der Waals surface area (Å²) in [5.74, 6) is 0. The lowest BCUT2D eigenvalue weighted by molar-refractivity contribution is 0.243. The third kappa shape index (κ3) is 2.26. The standard InChI is InChI=1S/C14H20N4/c1-17-14-5-3-2-4-12(14)13(16-17)6-9-18-10-7-15-8-11-18/h2-5,15H,6-11H2,1H3. The van der Waals surface area contributed by atoms with Gasteiger partial charge in [-0.25, -0.2) is 0 Å². The van der Waals surface area contributed by atoms with Gasteiger partial charge < -0.3 is 10.2 Å². The monoisotopic (exact) mass is 244 g/mol. The van der Waals surface area contributed by atoms with E-state index in [2.05, 4.69) is 39.6 Å². The minimum absolute atomic E-state index is 1.04. The van der Waals surface area contributed by atoms with Gasteiger partial charge >= 0.3 is 0 Å². The predicted molar refractivity (Wildman–Crippen MR) is 73.7 cm³/mol. The maximum atomic E-state index is 4.65. The van der Waals surface area contributed by atoms with Crippen molar-refractivity contribution in [1.82, 2.24) is 20.0 Å². The lowest BCUT2D eigenvalue weighted by Crippen LogP contribution is -2.44. The van der Waals surface area contributed by atoms with Crippen LogP contribution in [0.25, 0.3) is 10.9 Å². The second kappa shape index (κ2) is 5.08. The number of aryl methyl sites for hydroxylation is 1. The van der Waals surface area contributed by atoms with Crippen LogP contribution < -0.4 is 5.32 Å². The van der Waals surface area contributed by atoms with E-state index in [1.807, 2.05) is 11.7 Å². The van der Waals surface area contributed by atoms with E-state index < -0.39 is 0 Å². The first-order valence-electron chi connectivity index (χ1n) is 6.68. The van der Waals surface area contributed by atoms with Crippen LogP contribution in [-0.2, 0) is 13.5 Å². The molecular weight excluding hydrogens is 224 g/mol. The minimum atomic E-state index is 1.04. The normalized spacial score (nSPS) is 17.4. The zero-order chi connectivity index (χ0) is 12.4. The molecular formula is C14H20N4. The Kier molecular flexibility index (Phi) is 3.30. The zero-order valence-electron chi connectivity index (χ0n) is 10.9. The number of hydrogen-bond donors (Lipinski definition) is 1. The van der Waals surface area contributed by atoms with E-state index in [1.165, 1.54) is 16.6 Å². The Balaban J connectivity index is 1.74. The van der Waals surface area contributed by atoms with Gasteiger partial charge in [-0.1, -0.05) is 18.2 Å². The van der Waals surface area contributed by atoms with Crippen LogP contribution in [0, 0.1) is 0 Å². The van der Waals surface area contributed by atoms with Crippen molar-refractivity contribution >= 4 is 10.9 Å². The number of rotatable bonds is 3. The second-order valence-electron chi connectivity index (χ2n) is 4.93. The molecule has 1 aliphatic heterocycles.